The first-order valence-electron chi connectivity index (χ1n) is 6.95. The summed E-state index contributed by atoms with van der Waals surface area (Å²) in [5, 5.41) is 29.9. The number of aliphatic hydroxyl groups excluding tert-OH is 1. The molecule has 6 nitrogen and oxygen atoms in total. The van der Waals surface area contributed by atoms with Crippen molar-refractivity contribution in [2.24, 2.45) is 5.92 Å². The van der Waals surface area contributed by atoms with Gasteiger partial charge in [-0.05, 0) is 24.3 Å². The number of aromatic carboxylic acids is 1. The molecule has 0 spiro atoms. The van der Waals surface area contributed by atoms with Crippen LogP contribution in [0.25, 0.3) is 0 Å². The highest BCUT2D eigenvalue weighted by atomic mass is 16.4. The van der Waals surface area contributed by atoms with Crippen LogP contribution in [0, 0.1) is 5.92 Å². The third kappa shape index (κ3) is 3.45. The third-order valence-corrected chi connectivity index (χ3v) is 3.38. The number of carbonyl (C=O) groups is 1. The van der Waals surface area contributed by atoms with E-state index in [2.05, 4.69) is 15.5 Å². The molecule has 3 N–H and O–H groups in total. The molecule has 6 heteroatoms. The summed E-state index contributed by atoms with van der Waals surface area (Å²) in [6.45, 7) is 7.63. The molecule has 0 amide bonds. The number of hydrogen-bond acceptors (Lipinski definition) is 5. The molecule has 1 aromatic rings. The molecule has 0 aliphatic carbocycles. The lowest BCUT2D eigenvalue weighted by Crippen LogP contribution is -2.31. The maximum atomic E-state index is 11.5. The van der Waals surface area contributed by atoms with Gasteiger partial charge in [-0.3, -0.25) is 0 Å². The zero-order chi connectivity index (χ0) is 15.3. The van der Waals surface area contributed by atoms with E-state index < -0.39 is 5.97 Å². The van der Waals surface area contributed by atoms with Gasteiger partial charge < -0.3 is 15.5 Å². The Bertz CT molecular complexity index is 475. The van der Waals surface area contributed by atoms with Crippen molar-refractivity contribution >= 4 is 11.8 Å². The van der Waals surface area contributed by atoms with Crippen LogP contribution in [0.4, 0.5) is 5.82 Å². The van der Waals surface area contributed by atoms with Crippen LogP contribution in [0.2, 0.25) is 0 Å². The highest BCUT2D eigenvalue weighted by molar-refractivity contribution is 5.95. The first-order valence-corrected chi connectivity index (χ1v) is 6.95. The van der Waals surface area contributed by atoms with Crippen molar-refractivity contribution in [3.63, 3.8) is 0 Å². The molecule has 0 bridgehead atoms. The fourth-order valence-electron chi connectivity index (χ4n) is 2.10. The second-order valence-electron chi connectivity index (χ2n) is 5.04. The topological polar surface area (TPSA) is 95.3 Å². The van der Waals surface area contributed by atoms with Gasteiger partial charge in [0.2, 0.25) is 0 Å². The van der Waals surface area contributed by atoms with Gasteiger partial charge in [0.25, 0.3) is 0 Å². The molecule has 0 fully saturated rings. The van der Waals surface area contributed by atoms with Crippen molar-refractivity contribution in [1.82, 2.24) is 10.2 Å². The summed E-state index contributed by atoms with van der Waals surface area (Å²) >= 11 is 0. The van der Waals surface area contributed by atoms with Crippen LogP contribution < -0.4 is 5.32 Å². The Labute approximate surface area is 119 Å². The Balaban J connectivity index is 3.29. The number of aryl methyl sites for hydroxylation is 1. The highest BCUT2D eigenvalue weighted by Gasteiger charge is 2.23. The Morgan fingerprint density at radius 1 is 1.25 bits per heavy atom. The number of rotatable bonds is 7. The van der Waals surface area contributed by atoms with E-state index >= 15 is 0 Å². The zero-order valence-corrected chi connectivity index (χ0v) is 12.5. The largest absolute Gasteiger partial charge is 0.478 e. The minimum Gasteiger partial charge on any atom is -0.478 e. The predicted molar refractivity (Wildman–Crippen MR) is 77.1 cm³/mol. The number of carboxylic acid groups (broad SMARTS) is 1. The van der Waals surface area contributed by atoms with Gasteiger partial charge in [-0.15, -0.1) is 5.10 Å². The fourth-order valence-corrected chi connectivity index (χ4v) is 2.10. The smallest absolute Gasteiger partial charge is 0.339 e. The number of aromatic nitrogens is 2. The molecule has 1 aromatic heterocycles. The van der Waals surface area contributed by atoms with E-state index in [1.54, 1.807) is 0 Å². The summed E-state index contributed by atoms with van der Waals surface area (Å²) in [6, 6.07) is -0.250. The van der Waals surface area contributed by atoms with E-state index in [0.29, 0.717) is 24.1 Å². The van der Waals surface area contributed by atoms with Crippen molar-refractivity contribution in [1.29, 1.82) is 0 Å². The van der Waals surface area contributed by atoms with Crippen LogP contribution in [0.15, 0.2) is 0 Å². The summed E-state index contributed by atoms with van der Waals surface area (Å²) in [6.07, 6.45) is 1.23. The van der Waals surface area contributed by atoms with Crippen molar-refractivity contribution < 1.29 is 15.0 Å². The Morgan fingerprint density at radius 3 is 2.30 bits per heavy atom. The van der Waals surface area contributed by atoms with Gasteiger partial charge in [0, 0.05) is 0 Å². The maximum Gasteiger partial charge on any atom is 0.339 e. The molecule has 0 saturated carbocycles. The second kappa shape index (κ2) is 7.19. The molecule has 1 heterocycles. The minimum absolute atomic E-state index is 0.0879. The Hall–Kier alpha value is -1.69. The number of nitrogens with one attached hydrogen (secondary N) is 1. The minimum atomic E-state index is -1.02. The van der Waals surface area contributed by atoms with Crippen molar-refractivity contribution in [3.05, 3.63) is 16.8 Å². The van der Waals surface area contributed by atoms with E-state index in [1.165, 1.54) is 0 Å². The SMILES string of the molecule is CCc1nnc(NC(CO)C(C)C)c(C(=O)O)c1CC. The number of nitrogens with zero attached hydrogens (tertiary/aromatic N) is 2. The normalized spacial score (nSPS) is 12.5. The van der Waals surface area contributed by atoms with Crippen LogP contribution in [0.1, 0.15) is 49.3 Å². The van der Waals surface area contributed by atoms with E-state index in [4.69, 9.17) is 0 Å². The zero-order valence-electron chi connectivity index (χ0n) is 12.5. The molecule has 20 heavy (non-hydrogen) atoms. The molecule has 1 rings (SSSR count). The summed E-state index contributed by atoms with van der Waals surface area (Å²) in [7, 11) is 0. The maximum absolute atomic E-state index is 11.5. The van der Waals surface area contributed by atoms with Crippen LogP contribution >= 0.6 is 0 Å². The van der Waals surface area contributed by atoms with Crippen LogP contribution in [0.3, 0.4) is 0 Å². The highest BCUT2D eigenvalue weighted by Crippen LogP contribution is 2.22. The average Bonchev–Trinajstić information content (AvgIpc) is 2.42. The Kier molecular flexibility index (Phi) is 5.88. The first-order chi connectivity index (χ1) is 9.46. The standard InChI is InChI=1S/C14H23N3O3/c1-5-9-10(6-2)16-17-13(12(9)14(19)20)15-11(7-18)8(3)4/h8,11,18H,5-7H2,1-4H3,(H,15,17)(H,19,20). The lowest BCUT2D eigenvalue weighted by molar-refractivity contribution is 0.0695. The van der Waals surface area contributed by atoms with Gasteiger partial charge in [-0.25, -0.2) is 4.79 Å². The van der Waals surface area contributed by atoms with Gasteiger partial charge in [0.1, 0.15) is 5.56 Å². The first kappa shape index (κ1) is 16.4. The summed E-state index contributed by atoms with van der Waals surface area (Å²) in [5.74, 6) is -0.631. The predicted octanol–water partition coefficient (Wildman–Crippen LogP) is 1.73. The molecule has 0 aliphatic heterocycles. The summed E-state index contributed by atoms with van der Waals surface area (Å²) < 4.78 is 0. The number of anilines is 1. The van der Waals surface area contributed by atoms with Crippen molar-refractivity contribution in [2.75, 3.05) is 11.9 Å². The van der Waals surface area contributed by atoms with Crippen molar-refractivity contribution in [3.8, 4) is 0 Å². The lowest BCUT2D eigenvalue weighted by atomic mass is 10.0. The fraction of sp³-hybridized carbons (Fsp3) is 0.643. The monoisotopic (exact) mass is 281 g/mol. The van der Waals surface area contributed by atoms with Gasteiger partial charge in [-0.1, -0.05) is 27.7 Å². The molecular weight excluding hydrogens is 258 g/mol. The van der Waals surface area contributed by atoms with Crippen LogP contribution in [-0.4, -0.2) is 39.0 Å². The number of hydrogen-bond donors (Lipinski definition) is 3. The third-order valence-electron chi connectivity index (χ3n) is 3.38. The molecule has 1 atom stereocenters. The summed E-state index contributed by atoms with van der Waals surface area (Å²) in [5.41, 5.74) is 1.58. The quantitative estimate of drug-likeness (QED) is 0.704. The van der Waals surface area contributed by atoms with E-state index in [1.807, 2.05) is 27.7 Å². The lowest BCUT2D eigenvalue weighted by Gasteiger charge is -2.22. The number of carboxylic acids is 1. The number of aliphatic hydroxyl groups is 1. The van der Waals surface area contributed by atoms with Gasteiger partial charge in [0.15, 0.2) is 5.82 Å². The second-order valence-corrected chi connectivity index (χ2v) is 5.04. The van der Waals surface area contributed by atoms with E-state index in [-0.39, 0.29) is 29.9 Å². The molecule has 112 valence electrons. The molecule has 0 radical (unpaired) electrons. The van der Waals surface area contributed by atoms with Crippen LogP contribution in [0.5, 0.6) is 0 Å². The van der Waals surface area contributed by atoms with Crippen molar-refractivity contribution in [2.45, 2.75) is 46.6 Å². The molecule has 0 aromatic carbocycles. The Morgan fingerprint density at radius 2 is 1.90 bits per heavy atom. The molecule has 0 aliphatic rings. The van der Waals surface area contributed by atoms with Gasteiger partial charge in [0.05, 0.1) is 18.3 Å². The van der Waals surface area contributed by atoms with Crippen LogP contribution in [-0.2, 0) is 12.8 Å². The molecule has 1 unspecified atom stereocenters. The molecule has 0 saturated heterocycles. The van der Waals surface area contributed by atoms with Gasteiger partial charge in [-0.2, -0.15) is 5.10 Å². The van der Waals surface area contributed by atoms with E-state index in [0.717, 1.165) is 0 Å². The average molecular weight is 281 g/mol. The van der Waals surface area contributed by atoms with E-state index in [9.17, 15) is 15.0 Å². The molecular formula is C14H23N3O3. The summed E-state index contributed by atoms with van der Waals surface area (Å²) in [4.78, 5) is 11.5. The van der Waals surface area contributed by atoms with Gasteiger partial charge >= 0.3 is 5.97 Å².